The molecule has 0 unspecified atom stereocenters. The number of hydrazone groups is 1. The topological polar surface area (TPSA) is 74.9 Å². The van der Waals surface area contributed by atoms with E-state index in [2.05, 4.69) is 10.5 Å². The number of carbonyl (C=O) groups excluding carboxylic acids is 2. The maximum atomic E-state index is 12.7. The number of piperidine rings is 1. The van der Waals surface area contributed by atoms with Gasteiger partial charge < -0.3 is 9.32 Å². The Balaban J connectivity index is 1.41. The van der Waals surface area contributed by atoms with E-state index in [9.17, 15) is 9.59 Å². The van der Waals surface area contributed by atoms with Crippen molar-refractivity contribution in [2.45, 2.75) is 12.8 Å². The summed E-state index contributed by atoms with van der Waals surface area (Å²) in [5.74, 6) is -0.100. The van der Waals surface area contributed by atoms with Gasteiger partial charge in [-0.25, -0.2) is 5.43 Å². The zero-order valence-electron chi connectivity index (χ0n) is 16.5. The van der Waals surface area contributed by atoms with Gasteiger partial charge in [-0.1, -0.05) is 60.7 Å². The molecule has 0 bridgehead atoms. The van der Waals surface area contributed by atoms with Gasteiger partial charge in [-0.15, -0.1) is 0 Å². The first-order valence-corrected chi connectivity index (χ1v) is 10.0. The van der Waals surface area contributed by atoms with Gasteiger partial charge in [0.05, 0.1) is 12.0 Å². The number of nitrogens with zero attached hydrogens (tertiary/aromatic N) is 2. The number of benzene rings is 2. The summed E-state index contributed by atoms with van der Waals surface area (Å²) in [7, 11) is 0. The smallest absolute Gasteiger partial charge is 0.289 e. The number of nitrogens with one attached hydrogen (secondary N) is 1. The Morgan fingerprint density at radius 1 is 0.867 bits per heavy atom. The third kappa shape index (κ3) is 4.49. The first kappa shape index (κ1) is 19.6. The van der Waals surface area contributed by atoms with Gasteiger partial charge in [0.1, 0.15) is 0 Å². The van der Waals surface area contributed by atoms with E-state index in [1.807, 2.05) is 60.7 Å². The van der Waals surface area contributed by atoms with Crippen molar-refractivity contribution in [1.29, 1.82) is 0 Å². The zero-order valence-corrected chi connectivity index (χ0v) is 16.5. The summed E-state index contributed by atoms with van der Waals surface area (Å²) in [5, 5.41) is 4.46. The van der Waals surface area contributed by atoms with Crippen molar-refractivity contribution in [3.8, 4) is 0 Å². The molecular weight excluding hydrogens is 378 g/mol. The molecule has 1 aliphatic heterocycles. The molecule has 2 amide bonds. The van der Waals surface area contributed by atoms with Gasteiger partial charge in [0.15, 0.2) is 5.76 Å². The molecule has 6 nitrogen and oxygen atoms in total. The molecule has 0 radical (unpaired) electrons. The van der Waals surface area contributed by atoms with Crippen LogP contribution in [0.4, 0.5) is 0 Å². The minimum Gasteiger partial charge on any atom is -0.459 e. The molecule has 0 spiro atoms. The number of rotatable bonds is 5. The van der Waals surface area contributed by atoms with Crippen LogP contribution in [0, 0.1) is 5.92 Å². The molecular formula is C24H23N3O3. The quantitative estimate of drug-likeness (QED) is 0.523. The highest BCUT2D eigenvalue weighted by atomic mass is 16.3. The predicted molar refractivity (Wildman–Crippen MR) is 114 cm³/mol. The van der Waals surface area contributed by atoms with Crippen molar-refractivity contribution in [2.24, 2.45) is 11.0 Å². The molecule has 2 aromatic carbocycles. The van der Waals surface area contributed by atoms with Gasteiger partial charge in [-0.3, -0.25) is 9.59 Å². The van der Waals surface area contributed by atoms with Crippen molar-refractivity contribution in [1.82, 2.24) is 10.3 Å². The van der Waals surface area contributed by atoms with Crippen LogP contribution in [0.25, 0.3) is 0 Å². The SMILES string of the molecule is O=C(NN=C(c1ccccc1)c1ccccc1)C1CCN(C(=O)c2ccco2)CC1. The summed E-state index contributed by atoms with van der Waals surface area (Å²) in [5.41, 5.74) is 5.33. The Bertz CT molecular complexity index is 965. The van der Waals surface area contributed by atoms with Crippen molar-refractivity contribution in [3.63, 3.8) is 0 Å². The van der Waals surface area contributed by atoms with E-state index in [1.54, 1.807) is 17.0 Å². The van der Waals surface area contributed by atoms with E-state index in [0.717, 1.165) is 16.8 Å². The van der Waals surface area contributed by atoms with Crippen LogP contribution in [0.3, 0.4) is 0 Å². The van der Waals surface area contributed by atoms with Gasteiger partial charge in [0.25, 0.3) is 5.91 Å². The minimum atomic E-state index is -0.179. The molecule has 1 aliphatic rings. The number of likely N-dealkylation sites (tertiary alicyclic amines) is 1. The number of furan rings is 1. The monoisotopic (exact) mass is 401 g/mol. The Hall–Kier alpha value is -3.67. The van der Waals surface area contributed by atoms with Crippen LogP contribution >= 0.6 is 0 Å². The van der Waals surface area contributed by atoms with E-state index < -0.39 is 0 Å². The van der Waals surface area contributed by atoms with Crippen LogP contribution in [-0.4, -0.2) is 35.5 Å². The van der Waals surface area contributed by atoms with Gasteiger partial charge in [0.2, 0.25) is 5.91 Å². The first-order chi connectivity index (χ1) is 14.7. The molecule has 30 heavy (non-hydrogen) atoms. The molecule has 4 rings (SSSR count). The maximum Gasteiger partial charge on any atom is 0.289 e. The van der Waals surface area contributed by atoms with Crippen molar-refractivity contribution >= 4 is 17.5 Å². The van der Waals surface area contributed by atoms with E-state index in [4.69, 9.17) is 4.42 Å². The van der Waals surface area contributed by atoms with Crippen molar-refractivity contribution in [2.75, 3.05) is 13.1 Å². The molecule has 6 heteroatoms. The van der Waals surface area contributed by atoms with Gasteiger partial charge >= 0.3 is 0 Å². The highest BCUT2D eigenvalue weighted by Gasteiger charge is 2.28. The summed E-state index contributed by atoms with van der Waals surface area (Å²) in [6.45, 7) is 1.04. The molecule has 0 aliphatic carbocycles. The van der Waals surface area contributed by atoms with Crippen LogP contribution in [-0.2, 0) is 4.79 Å². The van der Waals surface area contributed by atoms with Crippen LogP contribution in [0.2, 0.25) is 0 Å². The summed E-state index contributed by atoms with van der Waals surface area (Å²) < 4.78 is 5.18. The first-order valence-electron chi connectivity index (χ1n) is 10.0. The molecule has 1 fully saturated rings. The minimum absolute atomic E-state index is 0.121. The van der Waals surface area contributed by atoms with E-state index in [0.29, 0.717) is 31.7 Å². The lowest BCUT2D eigenvalue weighted by molar-refractivity contribution is -0.126. The molecule has 2 heterocycles. The van der Waals surface area contributed by atoms with Crippen LogP contribution < -0.4 is 5.43 Å². The standard InChI is InChI=1S/C24H23N3O3/c28-23(20-13-15-27(16-14-20)24(29)21-12-7-17-30-21)26-25-22(18-8-3-1-4-9-18)19-10-5-2-6-11-19/h1-12,17,20H,13-16H2,(H,26,28). The third-order valence-electron chi connectivity index (χ3n) is 5.26. The normalized spacial score (nSPS) is 14.2. The van der Waals surface area contributed by atoms with Crippen LogP contribution in [0.15, 0.2) is 88.6 Å². The average Bonchev–Trinajstić information content (AvgIpc) is 3.35. The van der Waals surface area contributed by atoms with E-state index in [-0.39, 0.29) is 17.7 Å². The fourth-order valence-corrected chi connectivity index (χ4v) is 3.59. The lowest BCUT2D eigenvalue weighted by atomic mass is 9.96. The predicted octanol–water partition coefficient (Wildman–Crippen LogP) is 3.70. The number of amides is 2. The average molecular weight is 401 g/mol. The molecule has 1 aromatic heterocycles. The molecule has 1 saturated heterocycles. The largest absolute Gasteiger partial charge is 0.459 e. The molecule has 0 saturated carbocycles. The molecule has 3 aromatic rings. The van der Waals surface area contributed by atoms with Gasteiger partial charge in [-0.2, -0.15) is 5.10 Å². The third-order valence-corrected chi connectivity index (χ3v) is 5.26. The second-order valence-electron chi connectivity index (χ2n) is 7.21. The molecule has 0 atom stereocenters. The second-order valence-corrected chi connectivity index (χ2v) is 7.21. The molecule has 1 N–H and O–H groups in total. The fraction of sp³-hybridized carbons (Fsp3) is 0.208. The zero-order chi connectivity index (χ0) is 20.8. The summed E-state index contributed by atoms with van der Waals surface area (Å²) in [6, 6.07) is 22.9. The summed E-state index contributed by atoms with van der Waals surface area (Å²) >= 11 is 0. The van der Waals surface area contributed by atoms with Crippen molar-refractivity contribution in [3.05, 3.63) is 95.9 Å². The Kier molecular flexibility index (Phi) is 6.03. The summed E-state index contributed by atoms with van der Waals surface area (Å²) in [6.07, 6.45) is 2.68. The van der Waals surface area contributed by atoms with Crippen LogP contribution in [0.1, 0.15) is 34.5 Å². The number of hydrogen-bond acceptors (Lipinski definition) is 4. The highest BCUT2D eigenvalue weighted by molar-refractivity contribution is 6.13. The van der Waals surface area contributed by atoms with Gasteiger partial charge in [-0.05, 0) is 25.0 Å². The number of carbonyl (C=O) groups is 2. The van der Waals surface area contributed by atoms with E-state index in [1.165, 1.54) is 6.26 Å². The Labute approximate surface area is 175 Å². The fourth-order valence-electron chi connectivity index (χ4n) is 3.59. The van der Waals surface area contributed by atoms with Gasteiger partial charge in [0, 0.05) is 30.1 Å². The van der Waals surface area contributed by atoms with E-state index >= 15 is 0 Å². The second kappa shape index (κ2) is 9.22. The molecule has 152 valence electrons. The highest BCUT2D eigenvalue weighted by Crippen LogP contribution is 2.20. The Morgan fingerprint density at radius 2 is 1.47 bits per heavy atom. The number of hydrogen-bond donors (Lipinski definition) is 1. The van der Waals surface area contributed by atoms with Crippen LogP contribution in [0.5, 0.6) is 0 Å². The summed E-state index contributed by atoms with van der Waals surface area (Å²) in [4.78, 5) is 26.8. The lowest BCUT2D eigenvalue weighted by Crippen LogP contribution is -2.42. The lowest BCUT2D eigenvalue weighted by Gasteiger charge is -2.30. The maximum absolute atomic E-state index is 12.7. The Morgan fingerprint density at radius 3 is 2.00 bits per heavy atom. The van der Waals surface area contributed by atoms with Crippen molar-refractivity contribution < 1.29 is 14.0 Å².